The zero-order chi connectivity index (χ0) is 15.5. The molecule has 112 valence electrons. The molecule has 22 heavy (non-hydrogen) atoms. The first kappa shape index (κ1) is 14.3. The predicted molar refractivity (Wildman–Crippen MR) is 81.3 cm³/mol. The third-order valence-electron chi connectivity index (χ3n) is 3.36. The molecule has 0 bridgehead atoms. The number of hydrogen-bond acceptors (Lipinski definition) is 3. The summed E-state index contributed by atoms with van der Waals surface area (Å²) in [4.78, 5) is 19.2. The smallest absolute Gasteiger partial charge is 0.338 e. The summed E-state index contributed by atoms with van der Waals surface area (Å²) in [6.07, 6.45) is 0.337. The van der Waals surface area contributed by atoms with E-state index in [1.807, 2.05) is 24.3 Å². The minimum absolute atomic E-state index is 0.215. The van der Waals surface area contributed by atoms with Crippen molar-refractivity contribution in [3.05, 3.63) is 65.2 Å². The first-order valence-electron chi connectivity index (χ1n) is 7.06. The van der Waals surface area contributed by atoms with Crippen LogP contribution < -0.4 is 0 Å². The summed E-state index contributed by atoms with van der Waals surface area (Å²) >= 11 is 0. The highest BCUT2D eigenvalue weighted by atomic mass is 19.1. The van der Waals surface area contributed by atoms with Crippen LogP contribution in [0.5, 0.6) is 0 Å². The van der Waals surface area contributed by atoms with Crippen LogP contribution in [0.25, 0.3) is 11.0 Å². The number of carbonyl (C=O) groups excluding carboxylic acids is 1. The Morgan fingerprint density at radius 1 is 1.27 bits per heavy atom. The molecule has 0 aliphatic carbocycles. The maximum Gasteiger partial charge on any atom is 0.338 e. The van der Waals surface area contributed by atoms with E-state index >= 15 is 0 Å². The predicted octanol–water partition coefficient (Wildman–Crippen LogP) is 3.47. The molecule has 2 aromatic carbocycles. The Kier molecular flexibility index (Phi) is 3.87. The lowest BCUT2D eigenvalue weighted by molar-refractivity contribution is 0.0526. The van der Waals surface area contributed by atoms with E-state index in [-0.39, 0.29) is 12.2 Å². The maximum absolute atomic E-state index is 14.1. The quantitative estimate of drug-likeness (QED) is 0.750. The number of nitrogens with zero attached hydrogens (tertiary/aromatic N) is 1. The van der Waals surface area contributed by atoms with Crippen LogP contribution in [-0.4, -0.2) is 22.5 Å². The Hall–Kier alpha value is -2.69. The van der Waals surface area contributed by atoms with Crippen LogP contribution in [-0.2, 0) is 11.2 Å². The van der Waals surface area contributed by atoms with E-state index < -0.39 is 11.8 Å². The number of esters is 1. The van der Waals surface area contributed by atoms with Crippen LogP contribution in [0.3, 0.4) is 0 Å². The molecule has 0 saturated carbocycles. The molecule has 0 aliphatic rings. The largest absolute Gasteiger partial charge is 0.462 e. The van der Waals surface area contributed by atoms with Gasteiger partial charge in [0.05, 0.1) is 23.2 Å². The summed E-state index contributed by atoms with van der Waals surface area (Å²) in [5, 5.41) is 0. The number of nitrogens with one attached hydrogen (secondary N) is 1. The van der Waals surface area contributed by atoms with Crippen molar-refractivity contribution >= 4 is 17.0 Å². The molecule has 0 radical (unpaired) electrons. The average molecular weight is 298 g/mol. The second-order valence-electron chi connectivity index (χ2n) is 4.90. The van der Waals surface area contributed by atoms with Crippen LogP contribution >= 0.6 is 0 Å². The monoisotopic (exact) mass is 298 g/mol. The number of para-hydroxylation sites is 2. The standard InChI is InChI=1S/C17H15FN2O2/c1-2-22-17(21)12-8-7-11(13(18)9-12)10-16-19-14-5-3-4-6-15(14)20-16/h3-9H,2,10H2,1H3,(H,19,20). The van der Waals surface area contributed by atoms with Gasteiger partial charge in [0.25, 0.3) is 0 Å². The summed E-state index contributed by atoms with van der Waals surface area (Å²) in [6, 6.07) is 12.0. The molecule has 0 saturated heterocycles. The number of ether oxygens (including phenoxy) is 1. The molecule has 1 aromatic heterocycles. The molecule has 5 heteroatoms. The lowest BCUT2D eigenvalue weighted by Gasteiger charge is -2.05. The molecule has 0 unspecified atom stereocenters. The maximum atomic E-state index is 14.1. The van der Waals surface area contributed by atoms with Crippen LogP contribution in [0.2, 0.25) is 0 Å². The van der Waals surface area contributed by atoms with Gasteiger partial charge in [-0.15, -0.1) is 0 Å². The molecule has 3 aromatic rings. The van der Waals surface area contributed by atoms with Gasteiger partial charge in [-0.2, -0.15) is 0 Å². The lowest BCUT2D eigenvalue weighted by atomic mass is 10.1. The second kappa shape index (κ2) is 5.97. The van der Waals surface area contributed by atoms with Crippen LogP contribution in [0.4, 0.5) is 4.39 Å². The minimum Gasteiger partial charge on any atom is -0.462 e. The fourth-order valence-electron chi connectivity index (χ4n) is 2.30. The number of H-pyrrole nitrogens is 1. The van der Waals surface area contributed by atoms with E-state index in [1.54, 1.807) is 19.1 Å². The highest BCUT2D eigenvalue weighted by Crippen LogP contribution is 2.17. The van der Waals surface area contributed by atoms with Crippen LogP contribution in [0.15, 0.2) is 42.5 Å². The van der Waals surface area contributed by atoms with E-state index in [4.69, 9.17) is 4.74 Å². The molecule has 0 atom stereocenters. The molecule has 1 N–H and O–H groups in total. The Morgan fingerprint density at radius 3 is 2.82 bits per heavy atom. The first-order chi connectivity index (χ1) is 10.7. The molecular formula is C17H15FN2O2. The van der Waals surface area contributed by atoms with Crippen molar-refractivity contribution in [3.63, 3.8) is 0 Å². The SMILES string of the molecule is CCOC(=O)c1ccc(Cc2nc3ccccc3[nH]2)c(F)c1. The number of hydrogen-bond donors (Lipinski definition) is 1. The third kappa shape index (κ3) is 2.83. The zero-order valence-electron chi connectivity index (χ0n) is 12.1. The van der Waals surface area contributed by atoms with Crippen LogP contribution in [0.1, 0.15) is 28.7 Å². The van der Waals surface area contributed by atoms with Gasteiger partial charge in [-0.25, -0.2) is 14.2 Å². The van der Waals surface area contributed by atoms with Crippen molar-refractivity contribution in [3.8, 4) is 0 Å². The Morgan fingerprint density at radius 2 is 2.09 bits per heavy atom. The first-order valence-corrected chi connectivity index (χ1v) is 7.06. The normalized spacial score (nSPS) is 10.8. The Labute approximate surface area is 126 Å². The average Bonchev–Trinajstić information content (AvgIpc) is 2.92. The van der Waals surface area contributed by atoms with E-state index in [0.717, 1.165) is 11.0 Å². The van der Waals surface area contributed by atoms with Gasteiger partial charge >= 0.3 is 5.97 Å². The summed E-state index contributed by atoms with van der Waals surface area (Å²) < 4.78 is 19.0. The summed E-state index contributed by atoms with van der Waals surface area (Å²) in [5.74, 6) is -0.272. The number of halogens is 1. The van der Waals surface area contributed by atoms with Crippen molar-refractivity contribution < 1.29 is 13.9 Å². The molecule has 1 heterocycles. The van der Waals surface area contributed by atoms with Gasteiger partial charge in [-0.05, 0) is 36.8 Å². The number of rotatable bonds is 4. The third-order valence-corrected chi connectivity index (χ3v) is 3.36. The lowest BCUT2D eigenvalue weighted by Crippen LogP contribution is -2.06. The van der Waals surface area contributed by atoms with Crippen molar-refractivity contribution in [2.75, 3.05) is 6.61 Å². The van der Waals surface area contributed by atoms with Gasteiger partial charge in [-0.1, -0.05) is 18.2 Å². The molecule has 3 rings (SSSR count). The van der Waals surface area contributed by atoms with E-state index in [1.165, 1.54) is 6.07 Å². The van der Waals surface area contributed by atoms with E-state index in [0.29, 0.717) is 17.8 Å². The van der Waals surface area contributed by atoms with E-state index in [9.17, 15) is 9.18 Å². The van der Waals surface area contributed by atoms with Crippen molar-refractivity contribution in [1.82, 2.24) is 9.97 Å². The van der Waals surface area contributed by atoms with Gasteiger partial charge in [0.1, 0.15) is 11.6 Å². The second-order valence-corrected chi connectivity index (χ2v) is 4.90. The Bertz CT molecular complexity index is 793. The van der Waals surface area contributed by atoms with Crippen LogP contribution in [0, 0.1) is 5.82 Å². The van der Waals surface area contributed by atoms with Gasteiger partial charge in [-0.3, -0.25) is 0 Å². The zero-order valence-corrected chi connectivity index (χ0v) is 12.1. The summed E-state index contributed by atoms with van der Waals surface area (Å²) in [6.45, 7) is 1.98. The summed E-state index contributed by atoms with van der Waals surface area (Å²) in [5.41, 5.74) is 2.46. The molecular weight excluding hydrogens is 283 g/mol. The number of imidazole rings is 1. The van der Waals surface area contributed by atoms with Crippen molar-refractivity contribution in [2.45, 2.75) is 13.3 Å². The number of carbonyl (C=O) groups is 1. The Balaban J connectivity index is 1.84. The van der Waals surface area contributed by atoms with Gasteiger partial charge in [0, 0.05) is 6.42 Å². The summed E-state index contributed by atoms with van der Waals surface area (Å²) in [7, 11) is 0. The highest BCUT2D eigenvalue weighted by Gasteiger charge is 2.12. The number of benzene rings is 2. The number of fused-ring (bicyclic) bond motifs is 1. The fraction of sp³-hybridized carbons (Fsp3) is 0.176. The molecule has 0 spiro atoms. The molecule has 0 amide bonds. The van der Waals surface area contributed by atoms with E-state index in [2.05, 4.69) is 9.97 Å². The fourth-order valence-corrected chi connectivity index (χ4v) is 2.30. The van der Waals surface area contributed by atoms with Gasteiger partial charge in [0.2, 0.25) is 0 Å². The molecule has 0 fully saturated rings. The van der Waals surface area contributed by atoms with Gasteiger partial charge < -0.3 is 9.72 Å². The van der Waals surface area contributed by atoms with Crippen molar-refractivity contribution in [1.29, 1.82) is 0 Å². The van der Waals surface area contributed by atoms with Gasteiger partial charge in [0.15, 0.2) is 0 Å². The minimum atomic E-state index is -0.517. The number of aromatic amines is 1. The molecule has 4 nitrogen and oxygen atoms in total. The molecule has 0 aliphatic heterocycles. The number of aromatic nitrogens is 2. The highest BCUT2D eigenvalue weighted by molar-refractivity contribution is 5.89. The topological polar surface area (TPSA) is 55.0 Å². The van der Waals surface area contributed by atoms with Crippen molar-refractivity contribution in [2.24, 2.45) is 0 Å².